The summed E-state index contributed by atoms with van der Waals surface area (Å²) in [5.74, 6) is 0.759. The van der Waals surface area contributed by atoms with Gasteiger partial charge in [0, 0.05) is 19.6 Å². The van der Waals surface area contributed by atoms with Gasteiger partial charge in [-0.3, -0.25) is 9.48 Å². The average molecular weight is 265 g/mol. The summed E-state index contributed by atoms with van der Waals surface area (Å²) in [4.78, 5) is 14.1. The number of hydrogen-bond acceptors (Lipinski definition) is 3. The smallest absolute Gasteiger partial charge is 0.263 e. The lowest BCUT2D eigenvalue weighted by Crippen LogP contribution is -2.43. The van der Waals surface area contributed by atoms with Crippen molar-refractivity contribution < 1.29 is 9.53 Å². The molecule has 0 radical (unpaired) electrons. The molecule has 0 bridgehead atoms. The Labute approximate surface area is 114 Å². The third kappa shape index (κ3) is 3.72. The zero-order valence-corrected chi connectivity index (χ0v) is 11.8. The Morgan fingerprint density at radius 1 is 1.42 bits per heavy atom. The topological polar surface area (TPSA) is 47.4 Å². The van der Waals surface area contributed by atoms with E-state index in [0.29, 0.717) is 5.75 Å². The first kappa shape index (κ1) is 13.9. The fourth-order valence-electron chi connectivity index (χ4n) is 2.38. The molecule has 0 aromatic carbocycles. The highest BCUT2D eigenvalue weighted by molar-refractivity contribution is 5.80. The van der Waals surface area contributed by atoms with E-state index in [1.807, 2.05) is 22.7 Å². The number of piperidine rings is 1. The zero-order valence-electron chi connectivity index (χ0n) is 11.8. The zero-order chi connectivity index (χ0) is 13.7. The number of rotatable bonds is 5. The molecule has 1 aliphatic rings. The highest BCUT2D eigenvalue weighted by Gasteiger charge is 2.23. The summed E-state index contributed by atoms with van der Waals surface area (Å²) in [6.45, 7) is 6.51. The third-order valence-electron chi connectivity index (χ3n) is 3.39. The molecule has 19 heavy (non-hydrogen) atoms. The first-order valence-corrected chi connectivity index (χ1v) is 7.18. The number of aromatic nitrogens is 2. The fraction of sp³-hybridized carbons (Fsp3) is 0.714. The lowest BCUT2D eigenvalue weighted by Gasteiger charge is -2.29. The Hall–Kier alpha value is -1.52. The van der Waals surface area contributed by atoms with E-state index in [-0.39, 0.29) is 5.91 Å². The van der Waals surface area contributed by atoms with Crippen molar-refractivity contribution in [3.63, 3.8) is 0 Å². The van der Waals surface area contributed by atoms with E-state index >= 15 is 0 Å². The summed E-state index contributed by atoms with van der Waals surface area (Å²) in [5.41, 5.74) is 0. The number of hydrogen-bond donors (Lipinski definition) is 0. The first-order valence-electron chi connectivity index (χ1n) is 7.18. The molecule has 1 atom stereocenters. The standard InChI is InChI=1S/C14H23N3O2/c1-3-7-17-11-13(10-15-17)19-12(2)14(18)16-8-5-4-6-9-16/h10-12H,3-9H2,1-2H3. The largest absolute Gasteiger partial charge is 0.478 e. The van der Waals surface area contributed by atoms with Crippen molar-refractivity contribution >= 4 is 5.91 Å². The number of likely N-dealkylation sites (tertiary alicyclic amines) is 1. The molecule has 1 unspecified atom stereocenters. The van der Waals surface area contributed by atoms with Gasteiger partial charge in [-0.2, -0.15) is 5.10 Å². The fourth-order valence-corrected chi connectivity index (χ4v) is 2.38. The number of aryl methyl sites for hydroxylation is 1. The van der Waals surface area contributed by atoms with Crippen LogP contribution < -0.4 is 4.74 Å². The van der Waals surface area contributed by atoms with Gasteiger partial charge < -0.3 is 9.64 Å². The number of nitrogens with zero attached hydrogens (tertiary/aromatic N) is 3. The molecule has 0 aliphatic carbocycles. The highest BCUT2D eigenvalue weighted by Crippen LogP contribution is 2.15. The Morgan fingerprint density at radius 2 is 2.16 bits per heavy atom. The molecule has 2 heterocycles. The molecule has 1 aromatic heterocycles. The first-order chi connectivity index (χ1) is 9.20. The molecule has 106 valence electrons. The van der Waals surface area contributed by atoms with Crippen molar-refractivity contribution in [3.05, 3.63) is 12.4 Å². The van der Waals surface area contributed by atoms with Gasteiger partial charge in [-0.25, -0.2) is 0 Å². The maximum absolute atomic E-state index is 12.2. The second-order valence-corrected chi connectivity index (χ2v) is 5.09. The Balaban J connectivity index is 1.88. The Kier molecular flexibility index (Phi) is 4.82. The van der Waals surface area contributed by atoms with Gasteiger partial charge >= 0.3 is 0 Å². The van der Waals surface area contributed by atoms with Crippen LogP contribution in [0.25, 0.3) is 0 Å². The van der Waals surface area contributed by atoms with Crippen LogP contribution in [0.1, 0.15) is 39.5 Å². The Bertz CT molecular complexity index is 411. The lowest BCUT2D eigenvalue weighted by atomic mass is 10.1. The summed E-state index contributed by atoms with van der Waals surface area (Å²) >= 11 is 0. The van der Waals surface area contributed by atoms with Crippen LogP contribution in [0, 0.1) is 0 Å². The van der Waals surface area contributed by atoms with Gasteiger partial charge in [-0.1, -0.05) is 6.92 Å². The van der Waals surface area contributed by atoms with Crippen LogP contribution >= 0.6 is 0 Å². The van der Waals surface area contributed by atoms with Crippen molar-refractivity contribution in [2.45, 2.75) is 52.2 Å². The normalized spacial score (nSPS) is 17.3. The van der Waals surface area contributed by atoms with Crippen LogP contribution in [0.3, 0.4) is 0 Å². The molecule has 5 heteroatoms. The van der Waals surface area contributed by atoms with Gasteiger partial charge in [0.25, 0.3) is 5.91 Å². The molecule has 1 aliphatic heterocycles. The average Bonchev–Trinajstić information content (AvgIpc) is 2.86. The van der Waals surface area contributed by atoms with E-state index in [9.17, 15) is 4.79 Å². The number of ether oxygens (including phenoxy) is 1. The monoisotopic (exact) mass is 265 g/mol. The minimum absolute atomic E-state index is 0.0861. The lowest BCUT2D eigenvalue weighted by molar-refractivity contribution is -0.138. The summed E-state index contributed by atoms with van der Waals surface area (Å²) in [5, 5.41) is 4.20. The van der Waals surface area contributed by atoms with Gasteiger partial charge in [0.2, 0.25) is 0 Å². The molecule has 1 fully saturated rings. The molecular formula is C14H23N3O2. The minimum atomic E-state index is -0.433. The minimum Gasteiger partial charge on any atom is -0.478 e. The quantitative estimate of drug-likeness (QED) is 0.819. The van der Waals surface area contributed by atoms with Crippen LogP contribution in [-0.2, 0) is 11.3 Å². The second-order valence-electron chi connectivity index (χ2n) is 5.09. The van der Waals surface area contributed by atoms with Gasteiger partial charge in [-0.05, 0) is 32.6 Å². The van der Waals surface area contributed by atoms with Gasteiger partial charge in [0.15, 0.2) is 11.9 Å². The molecule has 1 aromatic rings. The maximum atomic E-state index is 12.2. The summed E-state index contributed by atoms with van der Waals surface area (Å²) in [6, 6.07) is 0. The van der Waals surface area contributed by atoms with E-state index in [0.717, 1.165) is 38.9 Å². The third-order valence-corrected chi connectivity index (χ3v) is 3.39. The van der Waals surface area contributed by atoms with Crippen molar-refractivity contribution in [1.82, 2.24) is 14.7 Å². The predicted molar refractivity (Wildman–Crippen MR) is 73.0 cm³/mol. The van der Waals surface area contributed by atoms with E-state index in [1.165, 1.54) is 6.42 Å². The molecule has 1 amide bonds. The van der Waals surface area contributed by atoms with E-state index in [1.54, 1.807) is 6.20 Å². The molecule has 0 N–H and O–H groups in total. The van der Waals surface area contributed by atoms with Gasteiger partial charge in [0.1, 0.15) is 0 Å². The SMILES string of the molecule is CCCn1cc(OC(C)C(=O)N2CCCCC2)cn1. The molecule has 2 rings (SSSR count). The summed E-state index contributed by atoms with van der Waals surface area (Å²) < 4.78 is 7.52. The predicted octanol–water partition coefficient (Wildman–Crippen LogP) is 2.07. The number of carbonyl (C=O) groups excluding carboxylic acids is 1. The van der Waals surface area contributed by atoms with Crippen molar-refractivity contribution in [2.24, 2.45) is 0 Å². The molecule has 0 saturated carbocycles. The molecule has 1 saturated heterocycles. The van der Waals surface area contributed by atoms with Crippen molar-refractivity contribution in [2.75, 3.05) is 13.1 Å². The molecule has 0 spiro atoms. The van der Waals surface area contributed by atoms with E-state index in [4.69, 9.17) is 4.74 Å². The van der Waals surface area contributed by atoms with E-state index in [2.05, 4.69) is 12.0 Å². The molecule has 5 nitrogen and oxygen atoms in total. The summed E-state index contributed by atoms with van der Waals surface area (Å²) in [6.07, 6.45) is 7.56. The number of carbonyl (C=O) groups is 1. The molecular weight excluding hydrogens is 242 g/mol. The summed E-state index contributed by atoms with van der Waals surface area (Å²) in [7, 11) is 0. The van der Waals surface area contributed by atoms with Crippen LogP contribution in [0.15, 0.2) is 12.4 Å². The highest BCUT2D eigenvalue weighted by atomic mass is 16.5. The van der Waals surface area contributed by atoms with Crippen molar-refractivity contribution in [3.8, 4) is 5.75 Å². The maximum Gasteiger partial charge on any atom is 0.263 e. The van der Waals surface area contributed by atoms with Gasteiger partial charge in [-0.15, -0.1) is 0 Å². The van der Waals surface area contributed by atoms with Gasteiger partial charge in [0.05, 0.1) is 12.4 Å². The van der Waals surface area contributed by atoms with Crippen molar-refractivity contribution in [1.29, 1.82) is 0 Å². The second kappa shape index (κ2) is 6.59. The van der Waals surface area contributed by atoms with Crippen LogP contribution in [0.4, 0.5) is 0 Å². The number of amides is 1. The van der Waals surface area contributed by atoms with Crippen LogP contribution in [0.5, 0.6) is 5.75 Å². The van der Waals surface area contributed by atoms with E-state index < -0.39 is 6.10 Å². The van der Waals surface area contributed by atoms with Crippen LogP contribution in [-0.4, -0.2) is 39.8 Å². The van der Waals surface area contributed by atoms with Crippen LogP contribution in [0.2, 0.25) is 0 Å². The Morgan fingerprint density at radius 3 is 2.84 bits per heavy atom.